The van der Waals surface area contributed by atoms with E-state index in [1.807, 2.05) is 0 Å². The van der Waals surface area contributed by atoms with E-state index in [1.165, 1.54) is 50.7 Å². The minimum atomic E-state index is -3.23. The zero-order valence-electron chi connectivity index (χ0n) is 16.7. The molecule has 0 atom stereocenters. The summed E-state index contributed by atoms with van der Waals surface area (Å²) < 4.78 is 47.5. The molecule has 0 aliphatic heterocycles. The molecule has 4 heteroatoms. The van der Waals surface area contributed by atoms with Crippen LogP contribution in [0.1, 0.15) is 76.7 Å². The normalized spacial score (nSPS) is 29.5. The zero-order valence-corrected chi connectivity index (χ0v) is 16.7. The molecule has 27 heavy (non-hydrogen) atoms. The molecule has 1 aromatic rings. The molecule has 0 heterocycles. The SMILES string of the molecule is Cc1ccc(OC(F)(F)C2CCC(CCC3CCC(C)CC3)CC2)cc1F. The van der Waals surface area contributed by atoms with Crippen molar-refractivity contribution in [3.8, 4) is 5.75 Å². The van der Waals surface area contributed by atoms with E-state index in [2.05, 4.69) is 6.92 Å². The molecule has 3 rings (SSSR count). The van der Waals surface area contributed by atoms with Crippen molar-refractivity contribution in [3.63, 3.8) is 0 Å². The maximum atomic E-state index is 14.5. The minimum absolute atomic E-state index is 0.0863. The average molecular weight is 383 g/mol. The highest BCUT2D eigenvalue weighted by molar-refractivity contribution is 5.28. The van der Waals surface area contributed by atoms with Gasteiger partial charge in [0.1, 0.15) is 11.6 Å². The fourth-order valence-corrected chi connectivity index (χ4v) is 4.75. The summed E-state index contributed by atoms with van der Waals surface area (Å²) in [7, 11) is 0. The van der Waals surface area contributed by atoms with Crippen molar-refractivity contribution in [2.24, 2.45) is 23.7 Å². The molecular weight excluding hydrogens is 349 g/mol. The molecule has 0 spiro atoms. The first kappa shape index (κ1) is 20.5. The third-order valence-corrected chi connectivity index (χ3v) is 6.84. The quantitative estimate of drug-likeness (QED) is 0.494. The maximum Gasteiger partial charge on any atom is 0.400 e. The van der Waals surface area contributed by atoms with Gasteiger partial charge in [-0.2, -0.15) is 8.78 Å². The highest BCUT2D eigenvalue weighted by atomic mass is 19.3. The topological polar surface area (TPSA) is 9.23 Å². The third-order valence-electron chi connectivity index (χ3n) is 6.84. The summed E-state index contributed by atoms with van der Waals surface area (Å²) in [5, 5.41) is 0. The van der Waals surface area contributed by atoms with Crippen LogP contribution in [-0.2, 0) is 0 Å². The van der Waals surface area contributed by atoms with Crippen LogP contribution in [0.3, 0.4) is 0 Å². The van der Waals surface area contributed by atoms with Gasteiger partial charge in [0.25, 0.3) is 0 Å². The van der Waals surface area contributed by atoms with Gasteiger partial charge in [-0.05, 0) is 62.0 Å². The Morgan fingerprint density at radius 2 is 1.48 bits per heavy atom. The lowest BCUT2D eigenvalue weighted by Gasteiger charge is -2.34. The summed E-state index contributed by atoms with van der Waals surface area (Å²) in [5.41, 5.74) is 0.429. The Kier molecular flexibility index (Phi) is 6.75. The largest absolute Gasteiger partial charge is 0.432 e. The molecule has 2 aliphatic carbocycles. The van der Waals surface area contributed by atoms with Crippen LogP contribution in [0.4, 0.5) is 13.2 Å². The first-order chi connectivity index (χ1) is 12.8. The fraction of sp³-hybridized carbons (Fsp3) is 0.739. The van der Waals surface area contributed by atoms with Crippen LogP contribution in [0, 0.1) is 36.4 Å². The Labute approximate surface area is 161 Å². The van der Waals surface area contributed by atoms with E-state index < -0.39 is 17.8 Å². The van der Waals surface area contributed by atoms with Gasteiger partial charge in [0.05, 0.1) is 5.92 Å². The van der Waals surface area contributed by atoms with Crippen molar-refractivity contribution >= 4 is 0 Å². The molecule has 1 aromatic carbocycles. The summed E-state index contributed by atoms with van der Waals surface area (Å²) >= 11 is 0. The Morgan fingerprint density at radius 3 is 2.04 bits per heavy atom. The standard InChI is InChI=1S/C23H33F3O/c1-16-3-6-18(7-4-16)8-9-19-10-12-20(13-11-19)23(25,26)27-21-14-5-17(2)22(24)15-21/h5,14-16,18-20H,3-4,6-13H2,1-2H3. The van der Waals surface area contributed by atoms with Gasteiger partial charge in [-0.1, -0.05) is 51.5 Å². The molecule has 152 valence electrons. The number of ether oxygens (including phenoxy) is 1. The van der Waals surface area contributed by atoms with Crippen LogP contribution in [0.2, 0.25) is 0 Å². The van der Waals surface area contributed by atoms with Crippen LogP contribution >= 0.6 is 0 Å². The summed E-state index contributed by atoms with van der Waals surface area (Å²) in [6, 6.07) is 3.95. The Hall–Kier alpha value is -1.19. The molecule has 0 saturated heterocycles. The first-order valence-electron chi connectivity index (χ1n) is 10.7. The number of hydrogen-bond acceptors (Lipinski definition) is 1. The second-order valence-electron chi connectivity index (χ2n) is 9.00. The number of rotatable bonds is 6. The van der Waals surface area contributed by atoms with Crippen LogP contribution in [0.25, 0.3) is 0 Å². The van der Waals surface area contributed by atoms with Crippen molar-refractivity contribution in [2.75, 3.05) is 0 Å². The molecule has 0 aromatic heterocycles. The van der Waals surface area contributed by atoms with E-state index in [1.54, 1.807) is 6.92 Å². The lowest BCUT2D eigenvalue weighted by molar-refractivity contribution is -0.223. The summed E-state index contributed by atoms with van der Waals surface area (Å²) in [4.78, 5) is 0. The van der Waals surface area contributed by atoms with E-state index >= 15 is 0 Å². The lowest BCUT2D eigenvalue weighted by atomic mass is 9.75. The Morgan fingerprint density at radius 1 is 0.926 bits per heavy atom. The van der Waals surface area contributed by atoms with E-state index in [9.17, 15) is 13.2 Å². The molecule has 2 fully saturated rings. The Bertz CT molecular complexity index is 600. The molecular formula is C23H33F3O. The first-order valence-corrected chi connectivity index (χ1v) is 10.7. The van der Waals surface area contributed by atoms with Gasteiger partial charge in [-0.15, -0.1) is 0 Å². The van der Waals surface area contributed by atoms with Crippen LogP contribution < -0.4 is 4.74 Å². The highest BCUT2D eigenvalue weighted by Crippen LogP contribution is 2.42. The summed E-state index contributed by atoms with van der Waals surface area (Å²) in [5.74, 6) is 0.934. The van der Waals surface area contributed by atoms with Gasteiger partial charge >= 0.3 is 6.11 Å². The average Bonchev–Trinajstić information content (AvgIpc) is 2.64. The highest BCUT2D eigenvalue weighted by Gasteiger charge is 2.44. The molecule has 2 aliphatic rings. The van der Waals surface area contributed by atoms with Gasteiger partial charge in [-0.25, -0.2) is 4.39 Å². The van der Waals surface area contributed by atoms with Crippen LogP contribution in [0.15, 0.2) is 18.2 Å². The van der Waals surface area contributed by atoms with E-state index in [-0.39, 0.29) is 5.75 Å². The molecule has 0 bridgehead atoms. The molecule has 2 saturated carbocycles. The van der Waals surface area contributed by atoms with Gasteiger partial charge < -0.3 is 4.74 Å². The predicted octanol–water partition coefficient (Wildman–Crippen LogP) is 7.52. The monoisotopic (exact) mass is 382 g/mol. The zero-order chi connectivity index (χ0) is 19.4. The molecule has 0 N–H and O–H groups in total. The van der Waals surface area contributed by atoms with Crippen molar-refractivity contribution in [1.82, 2.24) is 0 Å². The third kappa shape index (κ3) is 5.65. The molecule has 0 radical (unpaired) electrons. The molecule has 0 amide bonds. The van der Waals surface area contributed by atoms with E-state index in [0.717, 1.165) is 30.7 Å². The Balaban J connectivity index is 1.44. The van der Waals surface area contributed by atoms with Crippen molar-refractivity contribution in [3.05, 3.63) is 29.6 Å². The number of halogens is 3. The second-order valence-corrected chi connectivity index (χ2v) is 9.00. The number of hydrogen-bond donors (Lipinski definition) is 0. The van der Waals surface area contributed by atoms with Gasteiger partial charge in [0.2, 0.25) is 0 Å². The molecule has 1 nitrogen and oxygen atoms in total. The molecule has 0 unspecified atom stereocenters. The summed E-state index contributed by atoms with van der Waals surface area (Å²) in [6.45, 7) is 3.94. The van der Waals surface area contributed by atoms with Crippen LogP contribution in [0.5, 0.6) is 5.75 Å². The van der Waals surface area contributed by atoms with E-state index in [4.69, 9.17) is 4.74 Å². The smallest absolute Gasteiger partial charge is 0.400 e. The predicted molar refractivity (Wildman–Crippen MR) is 103 cm³/mol. The van der Waals surface area contributed by atoms with Crippen LogP contribution in [-0.4, -0.2) is 6.11 Å². The van der Waals surface area contributed by atoms with Crippen molar-refractivity contribution < 1.29 is 17.9 Å². The minimum Gasteiger partial charge on any atom is -0.432 e. The number of alkyl halides is 2. The lowest BCUT2D eigenvalue weighted by Crippen LogP contribution is -2.37. The van der Waals surface area contributed by atoms with Crippen molar-refractivity contribution in [1.29, 1.82) is 0 Å². The van der Waals surface area contributed by atoms with Crippen molar-refractivity contribution in [2.45, 2.75) is 84.2 Å². The van der Waals surface area contributed by atoms with Gasteiger partial charge in [0, 0.05) is 6.07 Å². The van der Waals surface area contributed by atoms with Gasteiger partial charge in [0.15, 0.2) is 0 Å². The fourth-order valence-electron chi connectivity index (χ4n) is 4.75. The number of benzene rings is 1. The maximum absolute atomic E-state index is 14.5. The van der Waals surface area contributed by atoms with E-state index in [0.29, 0.717) is 24.3 Å². The summed E-state index contributed by atoms with van der Waals surface area (Å²) in [6.07, 6.45) is 7.29. The second kappa shape index (κ2) is 8.87. The van der Waals surface area contributed by atoms with Gasteiger partial charge in [-0.3, -0.25) is 0 Å². The number of aryl methyl sites for hydroxylation is 1.